The van der Waals surface area contributed by atoms with Gasteiger partial charge in [0, 0.05) is 33.4 Å². The molecule has 1 N–H and O–H groups in total. The summed E-state index contributed by atoms with van der Waals surface area (Å²) in [5, 5.41) is 14.5. The molecule has 0 saturated carbocycles. The topological polar surface area (TPSA) is 48.7 Å². The highest BCUT2D eigenvalue weighted by Gasteiger charge is 2.09. The van der Waals surface area contributed by atoms with Crippen LogP contribution in [0.5, 0.6) is 0 Å². The molecule has 0 spiro atoms. The van der Waals surface area contributed by atoms with Crippen molar-refractivity contribution in [2.24, 2.45) is 0 Å². The number of rotatable bonds is 4. The van der Waals surface area contributed by atoms with Gasteiger partial charge >= 0.3 is 0 Å². The predicted octanol–water partition coefficient (Wildman–Crippen LogP) is 5.83. The Balaban J connectivity index is 1.82. The number of hydrogen-bond acceptors (Lipinski definition) is 4. The summed E-state index contributed by atoms with van der Waals surface area (Å²) in [7, 11) is 0. The van der Waals surface area contributed by atoms with E-state index in [0.29, 0.717) is 16.3 Å². The van der Waals surface area contributed by atoms with Crippen molar-refractivity contribution in [1.82, 2.24) is 4.98 Å². The molecular formula is C18H10BrF2N3S. The molecule has 2 aromatic carbocycles. The average Bonchev–Trinajstić information content (AvgIpc) is 3.09. The second kappa shape index (κ2) is 7.55. The van der Waals surface area contributed by atoms with Gasteiger partial charge in [-0.1, -0.05) is 28.1 Å². The number of halogens is 3. The molecule has 7 heteroatoms. The van der Waals surface area contributed by atoms with Crippen LogP contribution >= 0.6 is 27.3 Å². The quantitative estimate of drug-likeness (QED) is 0.543. The van der Waals surface area contributed by atoms with Crippen molar-refractivity contribution in [2.45, 2.75) is 0 Å². The maximum Gasteiger partial charge on any atom is 0.160 e. The Bertz CT molecular complexity index is 975. The van der Waals surface area contributed by atoms with E-state index in [4.69, 9.17) is 0 Å². The zero-order chi connectivity index (χ0) is 17.8. The standard InChI is InChI=1S/C18H10BrF2N3S/c19-13-3-1-11(2-4-13)17-10-25-18(24-17)12(8-22)9-23-14-5-6-15(20)16(21)7-14/h1-7,9-10,23H. The summed E-state index contributed by atoms with van der Waals surface area (Å²) in [6, 6.07) is 13.2. The fraction of sp³-hybridized carbons (Fsp3) is 0. The Kier molecular flexibility index (Phi) is 5.22. The molecule has 3 aromatic rings. The number of benzene rings is 2. The maximum atomic E-state index is 13.2. The molecule has 25 heavy (non-hydrogen) atoms. The third-order valence-electron chi connectivity index (χ3n) is 3.30. The fourth-order valence-electron chi connectivity index (χ4n) is 2.03. The molecular weight excluding hydrogens is 408 g/mol. The molecule has 1 heterocycles. The molecule has 0 unspecified atom stereocenters. The SMILES string of the molecule is N#CC(=CNc1ccc(F)c(F)c1)c1nc(-c2ccc(Br)cc2)cs1. The minimum atomic E-state index is -0.955. The first-order chi connectivity index (χ1) is 12.1. The Morgan fingerprint density at radius 1 is 1.16 bits per heavy atom. The second-order valence-electron chi connectivity index (χ2n) is 4.99. The lowest BCUT2D eigenvalue weighted by Gasteiger charge is -2.02. The number of nitriles is 1. The molecule has 0 aliphatic carbocycles. The van der Waals surface area contributed by atoms with Gasteiger partial charge in [0.25, 0.3) is 0 Å². The van der Waals surface area contributed by atoms with Gasteiger partial charge in [0.1, 0.15) is 16.6 Å². The Hall–Kier alpha value is -2.56. The number of nitrogens with one attached hydrogen (secondary N) is 1. The molecule has 0 fully saturated rings. The summed E-state index contributed by atoms with van der Waals surface area (Å²) in [6.07, 6.45) is 1.43. The Labute approximate surface area is 155 Å². The molecule has 0 aliphatic rings. The van der Waals surface area contributed by atoms with Crippen molar-refractivity contribution in [3.05, 3.63) is 75.2 Å². The van der Waals surface area contributed by atoms with Crippen LogP contribution in [0, 0.1) is 23.0 Å². The zero-order valence-corrected chi connectivity index (χ0v) is 15.0. The highest BCUT2D eigenvalue weighted by atomic mass is 79.9. The van der Waals surface area contributed by atoms with Crippen molar-refractivity contribution < 1.29 is 8.78 Å². The number of anilines is 1. The highest BCUT2D eigenvalue weighted by molar-refractivity contribution is 9.10. The molecule has 0 bridgehead atoms. The molecule has 0 atom stereocenters. The van der Waals surface area contributed by atoms with Crippen LogP contribution in [0.1, 0.15) is 5.01 Å². The van der Waals surface area contributed by atoms with Gasteiger partial charge in [-0.3, -0.25) is 0 Å². The number of allylic oxidation sites excluding steroid dienone is 1. The van der Waals surface area contributed by atoms with Crippen LogP contribution in [-0.4, -0.2) is 4.98 Å². The van der Waals surface area contributed by atoms with Crippen molar-refractivity contribution >= 4 is 38.5 Å². The molecule has 3 rings (SSSR count). The van der Waals surface area contributed by atoms with Gasteiger partial charge in [-0.25, -0.2) is 13.8 Å². The smallest absolute Gasteiger partial charge is 0.160 e. The van der Waals surface area contributed by atoms with Gasteiger partial charge in [0.05, 0.1) is 5.69 Å². The normalized spacial score (nSPS) is 11.2. The fourth-order valence-corrected chi connectivity index (χ4v) is 3.09. The van der Waals surface area contributed by atoms with E-state index in [-0.39, 0.29) is 0 Å². The lowest BCUT2D eigenvalue weighted by atomic mass is 10.2. The largest absolute Gasteiger partial charge is 0.360 e. The maximum absolute atomic E-state index is 13.2. The van der Waals surface area contributed by atoms with Crippen LogP contribution in [0.3, 0.4) is 0 Å². The zero-order valence-electron chi connectivity index (χ0n) is 12.6. The van der Waals surface area contributed by atoms with E-state index in [0.717, 1.165) is 27.9 Å². The van der Waals surface area contributed by atoms with Gasteiger partial charge in [0.15, 0.2) is 11.6 Å². The third-order valence-corrected chi connectivity index (χ3v) is 4.70. The van der Waals surface area contributed by atoms with E-state index in [1.807, 2.05) is 29.6 Å². The van der Waals surface area contributed by atoms with E-state index in [1.54, 1.807) is 0 Å². The number of hydrogen-bond donors (Lipinski definition) is 1. The summed E-state index contributed by atoms with van der Waals surface area (Å²) in [5.41, 5.74) is 2.35. The number of aromatic nitrogens is 1. The van der Waals surface area contributed by atoms with E-state index in [1.165, 1.54) is 23.6 Å². The monoisotopic (exact) mass is 417 g/mol. The molecule has 124 valence electrons. The molecule has 0 aliphatic heterocycles. The molecule has 0 radical (unpaired) electrons. The van der Waals surface area contributed by atoms with Gasteiger partial charge in [-0.15, -0.1) is 11.3 Å². The summed E-state index contributed by atoms with van der Waals surface area (Å²) in [6.45, 7) is 0. The minimum absolute atomic E-state index is 0.304. The van der Waals surface area contributed by atoms with Crippen molar-refractivity contribution in [1.29, 1.82) is 5.26 Å². The van der Waals surface area contributed by atoms with Crippen LogP contribution in [0.25, 0.3) is 16.8 Å². The van der Waals surface area contributed by atoms with E-state index in [9.17, 15) is 14.0 Å². The van der Waals surface area contributed by atoms with Gasteiger partial charge in [-0.05, 0) is 24.3 Å². The van der Waals surface area contributed by atoms with Crippen molar-refractivity contribution in [3.8, 4) is 17.3 Å². The molecule has 0 amide bonds. The Morgan fingerprint density at radius 2 is 1.92 bits per heavy atom. The average molecular weight is 418 g/mol. The summed E-state index contributed by atoms with van der Waals surface area (Å²) < 4.78 is 27.1. The second-order valence-corrected chi connectivity index (χ2v) is 6.76. The van der Waals surface area contributed by atoms with Crippen LogP contribution in [0.2, 0.25) is 0 Å². The van der Waals surface area contributed by atoms with Gasteiger partial charge < -0.3 is 5.32 Å². The minimum Gasteiger partial charge on any atom is -0.360 e. The lowest BCUT2D eigenvalue weighted by molar-refractivity contribution is 0.509. The lowest BCUT2D eigenvalue weighted by Crippen LogP contribution is -1.93. The molecule has 0 saturated heterocycles. The van der Waals surface area contributed by atoms with E-state index < -0.39 is 11.6 Å². The van der Waals surface area contributed by atoms with E-state index in [2.05, 4.69) is 32.3 Å². The predicted molar refractivity (Wildman–Crippen MR) is 98.8 cm³/mol. The third kappa shape index (κ3) is 4.10. The van der Waals surface area contributed by atoms with Gasteiger partial charge in [-0.2, -0.15) is 5.26 Å². The molecule has 3 nitrogen and oxygen atoms in total. The number of thiazole rings is 1. The van der Waals surface area contributed by atoms with Crippen LogP contribution in [0.15, 0.2) is 58.5 Å². The summed E-state index contributed by atoms with van der Waals surface area (Å²) >= 11 is 4.72. The van der Waals surface area contributed by atoms with Crippen LogP contribution < -0.4 is 5.32 Å². The number of nitrogens with zero attached hydrogens (tertiary/aromatic N) is 2. The first-order valence-electron chi connectivity index (χ1n) is 7.10. The van der Waals surface area contributed by atoms with Crippen molar-refractivity contribution in [2.75, 3.05) is 5.32 Å². The first kappa shape index (κ1) is 17.3. The van der Waals surface area contributed by atoms with Crippen LogP contribution in [-0.2, 0) is 0 Å². The van der Waals surface area contributed by atoms with Crippen LogP contribution in [0.4, 0.5) is 14.5 Å². The first-order valence-corrected chi connectivity index (χ1v) is 8.78. The summed E-state index contributed by atoms with van der Waals surface area (Å²) in [5.74, 6) is -1.88. The molecule has 1 aromatic heterocycles. The van der Waals surface area contributed by atoms with E-state index >= 15 is 0 Å². The summed E-state index contributed by atoms with van der Waals surface area (Å²) in [4.78, 5) is 4.46. The van der Waals surface area contributed by atoms with Gasteiger partial charge in [0.2, 0.25) is 0 Å². The highest BCUT2D eigenvalue weighted by Crippen LogP contribution is 2.27. The van der Waals surface area contributed by atoms with Crippen molar-refractivity contribution in [3.63, 3.8) is 0 Å². The Morgan fingerprint density at radius 3 is 2.60 bits per heavy atom.